The van der Waals surface area contributed by atoms with Crippen LogP contribution in [0.2, 0.25) is 5.02 Å². The molecule has 28 heavy (non-hydrogen) atoms. The minimum Gasteiger partial charge on any atom is -0.379 e. The normalized spacial score (nSPS) is 16.3. The van der Waals surface area contributed by atoms with Crippen molar-refractivity contribution in [3.05, 3.63) is 64.7 Å². The van der Waals surface area contributed by atoms with Gasteiger partial charge in [-0.25, -0.2) is 0 Å². The summed E-state index contributed by atoms with van der Waals surface area (Å²) in [5.74, 6) is 0.416. The predicted molar refractivity (Wildman–Crippen MR) is 128 cm³/mol. The number of ether oxygens (including phenoxy) is 1. The Morgan fingerprint density at radius 1 is 1.21 bits per heavy atom. The van der Waals surface area contributed by atoms with Gasteiger partial charge in [-0.2, -0.15) is 0 Å². The Kier molecular flexibility index (Phi) is 9.50. The molecule has 0 spiro atoms. The molecule has 1 atom stereocenters. The number of anilines is 1. The third-order valence-corrected chi connectivity index (χ3v) is 5.02. The summed E-state index contributed by atoms with van der Waals surface area (Å²) >= 11 is 6.21. The molecule has 0 saturated carbocycles. The number of hydrogen-bond acceptors (Lipinski definition) is 3. The van der Waals surface area contributed by atoms with Crippen LogP contribution in [0, 0.1) is 0 Å². The van der Waals surface area contributed by atoms with Crippen LogP contribution in [-0.2, 0) is 11.2 Å². The van der Waals surface area contributed by atoms with Crippen molar-refractivity contribution in [2.24, 2.45) is 10.7 Å². The third kappa shape index (κ3) is 6.62. The number of benzene rings is 2. The van der Waals surface area contributed by atoms with Crippen LogP contribution in [0.1, 0.15) is 24.1 Å². The molecule has 7 heteroatoms. The molecule has 3 rings (SSSR count). The number of nitrogens with zero attached hydrogens (tertiary/aromatic N) is 2. The molecule has 2 aromatic rings. The van der Waals surface area contributed by atoms with E-state index in [4.69, 9.17) is 22.1 Å². The summed E-state index contributed by atoms with van der Waals surface area (Å²) in [6, 6.07) is 16.3. The Morgan fingerprint density at radius 2 is 1.93 bits per heavy atom. The number of aryl methyl sites for hydroxylation is 1. The van der Waals surface area contributed by atoms with E-state index in [1.165, 1.54) is 5.56 Å². The van der Waals surface area contributed by atoms with Crippen LogP contribution in [-0.4, -0.2) is 43.7 Å². The molecule has 2 aromatic carbocycles. The summed E-state index contributed by atoms with van der Waals surface area (Å²) in [7, 11) is 0. The first-order chi connectivity index (χ1) is 13.2. The first-order valence-corrected chi connectivity index (χ1v) is 9.76. The van der Waals surface area contributed by atoms with E-state index in [-0.39, 0.29) is 30.0 Å². The lowest BCUT2D eigenvalue weighted by atomic mass is 10.0. The van der Waals surface area contributed by atoms with Crippen LogP contribution in [0.3, 0.4) is 0 Å². The first kappa shape index (κ1) is 22.9. The maximum atomic E-state index is 6.21. The highest BCUT2D eigenvalue weighted by molar-refractivity contribution is 14.0. The molecule has 1 aliphatic heterocycles. The van der Waals surface area contributed by atoms with Crippen LogP contribution in [0.5, 0.6) is 0 Å². The highest BCUT2D eigenvalue weighted by Gasteiger charge is 2.22. The molecular weight excluding hydrogens is 487 g/mol. The number of aliphatic imine (C=N–C) groups is 1. The van der Waals surface area contributed by atoms with Crippen molar-refractivity contribution in [1.29, 1.82) is 0 Å². The van der Waals surface area contributed by atoms with Crippen molar-refractivity contribution >= 4 is 47.2 Å². The van der Waals surface area contributed by atoms with Gasteiger partial charge >= 0.3 is 0 Å². The summed E-state index contributed by atoms with van der Waals surface area (Å²) in [6.07, 6.45) is 1.02. The molecule has 1 fully saturated rings. The van der Waals surface area contributed by atoms with E-state index in [0.29, 0.717) is 12.5 Å². The number of halogens is 2. The van der Waals surface area contributed by atoms with Crippen molar-refractivity contribution in [1.82, 2.24) is 4.90 Å². The van der Waals surface area contributed by atoms with Crippen molar-refractivity contribution in [3.63, 3.8) is 0 Å². The van der Waals surface area contributed by atoms with Crippen molar-refractivity contribution in [3.8, 4) is 0 Å². The van der Waals surface area contributed by atoms with Gasteiger partial charge in [0.15, 0.2) is 5.96 Å². The van der Waals surface area contributed by atoms with Gasteiger partial charge in [-0.1, -0.05) is 42.8 Å². The van der Waals surface area contributed by atoms with E-state index in [1.54, 1.807) is 0 Å². The first-order valence-electron chi connectivity index (χ1n) is 9.39. The smallest absolute Gasteiger partial charge is 0.193 e. The van der Waals surface area contributed by atoms with Gasteiger partial charge in [0.1, 0.15) is 0 Å². The van der Waals surface area contributed by atoms with Gasteiger partial charge in [0.05, 0.1) is 25.8 Å². The summed E-state index contributed by atoms with van der Waals surface area (Å²) in [4.78, 5) is 6.98. The second kappa shape index (κ2) is 11.6. The second-order valence-corrected chi connectivity index (χ2v) is 7.06. The van der Waals surface area contributed by atoms with E-state index in [9.17, 15) is 0 Å². The van der Waals surface area contributed by atoms with E-state index < -0.39 is 0 Å². The fraction of sp³-hybridized carbons (Fsp3) is 0.381. The molecular formula is C21H28ClIN4O. The number of morpholine rings is 1. The average molecular weight is 515 g/mol. The van der Waals surface area contributed by atoms with Crippen molar-refractivity contribution in [2.45, 2.75) is 19.4 Å². The van der Waals surface area contributed by atoms with Crippen LogP contribution in [0.25, 0.3) is 0 Å². The quantitative estimate of drug-likeness (QED) is 0.342. The minimum atomic E-state index is 0. The highest BCUT2D eigenvalue weighted by Crippen LogP contribution is 2.25. The summed E-state index contributed by atoms with van der Waals surface area (Å²) in [5.41, 5.74) is 9.52. The van der Waals surface area contributed by atoms with E-state index >= 15 is 0 Å². The monoisotopic (exact) mass is 514 g/mol. The summed E-state index contributed by atoms with van der Waals surface area (Å²) in [5, 5.41) is 3.91. The summed E-state index contributed by atoms with van der Waals surface area (Å²) in [6.45, 7) is 5.92. The molecule has 1 aliphatic rings. The van der Waals surface area contributed by atoms with Crippen LogP contribution < -0.4 is 11.1 Å². The standard InChI is InChI=1S/C21H27ClN4O.HI/c1-2-16-6-8-19(9-7-16)25-21(23)24-15-20(26-10-12-27-13-11-26)17-4-3-5-18(22)14-17;/h3-9,14,20H,2,10-13,15H2,1H3,(H3,23,24,25);1H. The number of nitrogens with one attached hydrogen (secondary N) is 1. The van der Waals surface area contributed by atoms with Crippen LogP contribution >= 0.6 is 35.6 Å². The molecule has 3 N–H and O–H groups in total. The maximum absolute atomic E-state index is 6.21. The predicted octanol–water partition coefficient (Wildman–Crippen LogP) is 4.32. The zero-order valence-corrected chi connectivity index (χ0v) is 19.2. The lowest BCUT2D eigenvalue weighted by Crippen LogP contribution is -2.40. The fourth-order valence-corrected chi connectivity index (χ4v) is 3.43. The minimum absolute atomic E-state index is 0. The Hall–Kier alpha value is -1.35. The molecule has 1 saturated heterocycles. The van der Waals surface area contributed by atoms with E-state index in [2.05, 4.69) is 40.3 Å². The third-order valence-electron chi connectivity index (χ3n) is 4.79. The van der Waals surface area contributed by atoms with Gasteiger partial charge in [-0.05, 0) is 41.8 Å². The van der Waals surface area contributed by atoms with E-state index in [1.807, 2.05) is 30.3 Å². The maximum Gasteiger partial charge on any atom is 0.193 e. The fourth-order valence-electron chi connectivity index (χ4n) is 3.23. The van der Waals surface area contributed by atoms with Gasteiger partial charge in [0.25, 0.3) is 0 Å². The summed E-state index contributed by atoms with van der Waals surface area (Å²) < 4.78 is 5.49. The number of rotatable bonds is 6. The molecule has 0 bridgehead atoms. The van der Waals surface area contributed by atoms with Crippen LogP contribution in [0.15, 0.2) is 53.5 Å². The Bertz CT molecular complexity index is 763. The molecule has 0 amide bonds. The number of nitrogens with two attached hydrogens (primary N) is 1. The zero-order valence-electron chi connectivity index (χ0n) is 16.1. The zero-order chi connectivity index (χ0) is 19.1. The molecule has 1 unspecified atom stereocenters. The SMILES string of the molecule is CCc1ccc(NC(N)=NCC(c2cccc(Cl)c2)N2CCOCC2)cc1.I. The highest BCUT2D eigenvalue weighted by atomic mass is 127. The molecule has 0 radical (unpaired) electrons. The molecule has 1 heterocycles. The van der Waals surface area contributed by atoms with Gasteiger partial charge in [0, 0.05) is 23.8 Å². The molecule has 5 nitrogen and oxygen atoms in total. The lowest BCUT2D eigenvalue weighted by Gasteiger charge is -2.34. The van der Waals surface area contributed by atoms with Gasteiger partial charge in [-0.15, -0.1) is 24.0 Å². The molecule has 0 aliphatic carbocycles. The van der Waals surface area contributed by atoms with Gasteiger partial charge in [0.2, 0.25) is 0 Å². The van der Waals surface area contributed by atoms with E-state index in [0.717, 1.165) is 49.0 Å². The van der Waals surface area contributed by atoms with Crippen molar-refractivity contribution < 1.29 is 4.74 Å². The largest absolute Gasteiger partial charge is 0.379 e. The number of hydrogen-bond donors (Lipinski definition) is 2. The Labute approximate surface area is 189 Å². The van der Waals surface area contributed by atoms with Gasteiger partial charge in [-0.3, -0.25) is 9.89 Å². The molecule has 152 valence electrons. The van der Waals surface area contributed by atoms with Gasteiger partial charge < -0.3 is 15.8 Å². The Morgan fingerprint density at radius 3 is 2.57 bits per heavy atom. The topological polar surface area (TPSA) is 62.9 Å². The Balaban J connectivity index is 0.00000280. The average Bonchev–Trinajstić information content (AvgIpc) is 2.70. The lowest BCUT2D eigenvalue weighted by molar-refractivity contribution is 0.0180. The van der Waals surface area contributed by atoms with Crippen LogP contribution in [0.4, 0.5) is 5.69 Å². The molecule has 0 aromatic heterocycles. The van der Waals surface area contributed by atoms with Crippen molar-refractivity contribution in [2.75, 3.05) is 38.2 Å². The second-order valence-electron chi connectivity index (χ2n) is 6.62. The number of guanidine groups is 1.